The Balaban J connectivity index is 1.78. The van der Waals surface area contributed by atoms with Crippen LogP contribution in [0.25, 0.3) is 5.57 Å². The van der Waals surface area contributed by atoms with Crippen molar-refractivity contribution in [1.82, 2.24) is 5.32 Å². The number of rotatable bonds is 6. The standard InChI is InChI=1S/C22H29N/c1-17-7-6-8-20(15-17)18(2)16-23-14-13-19-9-11-21(12-10-19)22(3,4)5/h6-12,15,23H,2,13-14,16H2,1,3-5H3. The average molecular weight is 307 g/mol. The normalized spacial score (nSPS) is 11.5. The molecule has 23 heavy (non-hydrogen) atoms. The Hall–Kier alpha value is -1.86. The zero-order valence-electron chi connectivity index (χ0n) is 14.9. The van der Waals surface area contributed by atoms with Crippen molar-refractivity contribution >= 4 is 5.57 Å². The smallest absolute Gasteiger partial charge is 0.0205 e. The third-order valence-electron chi connectivity index (χ3n) is 4.18. The molecule has 0 aromatic heterocycles. The van der Waals surface area contributed by atoms with Crippen LogP contribution >= 0.6 is 0 Å². The highest BCUT2D eigenvalue weighted by Gasteiger charge is 2.12. The quantitative estimate of drug-likeness (QED) is 0.729. The second-order valence-corrected chi connectivity index (χ2v) is 7.35. The van der Waals surface area contributed by atoms with Crippen LogP contribution < -0.4 is 5.32 Å². The molecule has 0 amide bonds. The van der Waals surface area contributed by atoms with Gasteiger partial charge in [-0.3, -0.25) is 0 Å². The fourth-order valence-electron chi connectivity index (χ4n) is 2.61. The lowest BCUT2D eigenvalue weighted by molar-refractivity contribution is 0.590. The lowest BCUT2D eigenvalue weighted by atomic mass is 9.86. The van der Waals surface area contributed by atoms with Gasteiger partial charge in [-0.2, -0.15) is 0 Å². The maximum Gasteiger partial charge on any atom is 0.0205 e. The Labute approximate surface area is 141 Å². The summed E-state index contributed by atoms with van der Waals surface area (Å²) in [6.45, 7) is 14.9. The number of benzene rings is 2. The van der Waals surface area contributed by atoms with E-state index in [1.165, 1.54) is 22.3 Å². The van der Waals surface area contributed by atoms with Crippen molar-refractivity contribution in [3.05, 3.63) is 77.4 Å². The van der Waals surface area contributed by atoms with Gasteiger partial charge < -0.3 is 5.32 Å². The molecule has 0 unspecified atom stereocenters. The summed E-state index contributed by atoms with van der Waals surface area (Å²) in [5.74, 6) is 0. The number of aryl methyl sites for hydroxylation is 1. The van der Waals surface area contributed by atoms with E-state index in [0.717, 1.165) is 25.1 Å². The molecule has 2 rings (SSSR count). The van der Waals surface area contributed by atoms with Crippen molar-refractivity contribution in [2.24, 2.45) is 0 Å². The van der Waals surface area contributed by atoms with Crippen LogP contribution in [0.3, 0.4) is 0 Å². The summed E-state index contributed by atoms with van der Waals surface area (Å²) in [6.07, 6.45) is 1.05. The largest absolute Gasteiger partial charge is 0.312 e. The fraction of sp³-hybridized carbons (Fsp3) is 0.364. The third kappa shape index (κ3) is 5.37. The van der Waals surface area contributed by atoms with Gasteiger partial charge in [0.25, 0.3) is 0 Å². The van der Waals surface area contributed by atoms with Gasteiger partial charge in [0.15, 0.2) is 0 Å². The molecule has 0 heterocycles. The van der Waals surface area contributed by atoms with E-state index in [1.54, 1.807) is 0 Å². The van der Waals surface area contributed by atoms with Crippen LogP contribution in [-0.4, -0.2) is 13.1 Å². The van der Waals surface area contributed by atoms with E-state index >= 15 is 0 Å². The van der Waals surface area contributed by atoms with Crippen molar-refractivity contribution in [3.8, 4) is 0 Å². The molecule has 0 fully saturated rings. The molecule has 0 saturated heterocycles. The van der Waals surface area contributed by atoms with E-state index in [1.807, 2.05) is 0 Å². The summed E-state index contributed by atoms with van der Waals surface area (Å²) in [5.41, 5.74) is 6.66. The summed E-state index contributed by atoms with van der Waals surface area (Å²) in [4.78, 5) is 0. The van der Waals surface area contributed by atoms with Crippen molar-refractivity contribution < 1.29 is 0 Å². The van der Waals surface area contributed by atoms with Crippen LogP contribution in [0, 0.1) is 6.92 Å². The van der Waals surface area contributed by atoms with E-state index in [9.17, 15) is 0 Å². The first-order chi connectivity index (χ1) is 10.9. The van der Waals surface area contributed by atoms with Gasteiger partial charge in [-0.15, -0.1) is 0 Å². The topological polar surface area (TPSA) is 12.0 Å². The maximum absolute atomic E-state index is 4.19. The molecular weight excluding hydrogens is 278 g/mol. The van der Waals surface area contributed by atoms with E-state index in [-0.39, 0.29) is 5.41 Å². The molecule has 0 atom stereocenters. The molecule has 0 aliphatic carbocycles. The molecule has 1 N–H and O–H groups in total. The highest BCUT2D eigenvalue weighted by Crippen LogP contribution is 2.22. The Morgan fingerprint density at radius 2 is 1.74 bits per heavy atom. The minimum absolute atomic E-state index is 0.225. The molecule has 0 aliphatic rings. The highest BCUT2D eigenvalue weighted by molar-refractivity contribution is 5.65. The van der Waals surface area contributed by atoms with E-state index in [4.69, 9.17) is 0 Å². The molecule has 2 aromatic carbocycles. The van der Waals surface area contributed by atoms with Crippen LogP contribution in [0.15, 0.2) is 55.1 Å². The van der Waals surface area contributed by atoms with Gasteiger partial charge in [0, 0.05) is 6.54 Å². The minimum atomic E-state index is 0.225. The van der Waals surface area contributed by atoms with Gasteiger partial charge in [-0.1, -0.05) is 81.4 Å². The molecule has 0 spiro atoms. The molecule has 0 saturated carbocycles. The van der Waals surface area contributed by atoms with Crippen LogP contribution in [0.4, 0.5) is 0 Å². The third-order valence-corrected chi connectivity index (χ3v) is 4.18. The van der Waals surface area contributed by atoms with Gasteiger partial charge in [0.05, 0.1) is 0 Å². The number of nitrogens with one attached hydrogen (secondary N) is 1. The van der Waals surface area contributed by atoms with Crippen molar-refractivity contribution in [2.45, 2.75) is 39.5 Å². The van der Waals surface area contributed by atoms with Crippen molar-refractivity contribution in [2.75, 3.05) is 13.1 Å². The first-order valence-corrected chi connectivity index (χ1v) is 8.41. The SMILES string of the molecule is C=C(CNCCc1ccc(C(C)(C)C)cc1)c1cccc(C)c1. The zero-order valence-corrected chi connectivity index (χ0v) is 14.9. The van der Waals surface area contributed by atoms with Gasteiger partial charge in [0.2, 0.25) is 0 Å². The predicted molar refractivity (Wildman–Crippen MR) is 102 cm³/mol. The maximum atomic E-state index is 4.19. The molecule has 122 valence electrons. The van der Waals surface area contributed by atoms with E-state index in [0.29, 0.717) is 0 Å². The summed E-state index contributed by atoms with van der Waals surface area (Å²) < 4.78 is 0. The van der Waals surface area contributed by atoms with Crippen molar-refractivity contribution in [1.29, 1.82) is 0 Å². The van der Waals surface area contributed by atoms with Crippen molar-refractivity contribution in [3.63, 3.8) is 0 Å². The number of hydrogen-bond donors (Lipinski definition) is 1. The lowest BCUT2D eigenvalue weighted by Gasteiger charge is -2.19. The van der Waals surface area contributed by atoms with Gasteiger partial charge in [0.1, 0.15) is 0 Å². The number of hydrogen-bond acceptors (Lipinski definition) is 1. The Morgan fingerprint density at radius 3 is 2.35 bits per heavy atom. The van der Waals surface area contributed by atoms with Crippen LogP contribution in [0.5, 0.6) is 0 Å². The molecule has 2 aromatic rings. The molecular formula is C22H29N. The Morgan fingerprint density at radius 1 is 1.04 bits per heavy atom. The summed E-state index contributed by atoms with van der Waals surface area (Å²) in [5, 5.41) is 3.50. The summed E-state index contributed by atoms with van der Waals surface area (Å²) >= 11 is 0. The van der Waals surface area contributed by atoms with Crippen LogP contribution in [-0.2, 0) is 11.8 Å². The first-order valence-electron chi connectivity index (χ1n) is 8.41. The van der Waals surface area contributed by atoms with Gasteiger partial charge >= 0.3 is 0 Å². The zero-order chi connectivity index (χ0) is 16.9. The van der Waals surface area contributed by atoms with Gasteiger partial charge in [-0.25, -0.2) is 0 Å². The monoisotopic (exact) mass is 307 g/mol. The fourth-order valence-corrected chi connectivity index (χ4v) is 2.61. The Bertz CT molecular complexity index is 644. The predicted octanol–water partition coefficient (Wildman–Crippen LogP) is 5.14. The minimum Gasteiger partial charge on any atom is -0.312 e. The van der Waals surface area contributed by atoms with Gasteiger partial charge in [-0.05, 0) is 47.6 Å². The molecule has 0 radical (unpaired) electrons. The molecule has 1 nitrogen and oxygen atoms in total. The average Bonchev–Trinajstić information content (AvgIpc) is 2.51. The summed E-state index contributed by atoms with van der Waals surface area (Å²) in [6, 6.07) is 17.5. The second-order valence-electron chi connectivity index (χ2n) is 7.35. The molecule has 0 aliphatic heterocycles. The molecule has 1 heteroatoms. The van der Waals surface area contributed by atoms with Crippen LogP contribution in [0.1, 0.15) is 43.0 Å². The van der Waals surface area contributed by atoms with E-state index < -0.39 is 0 Å². The first kappa shape index (κ1) is 17.5. The molecule has 0 bridgehead atoms. The lowest BCUT2D eigenvalue weighted by Crippen LogP contribution is -2.19. The Kier molecular flexibility index (Phi) is 5.79. The van der Waals surface area contributed by atoms with Crippen LogP contribution in [0.2, 0.25) is 0 Å². The van der Waals surface area contributed by atoms with E-state index in [2.05, 4.69) is 88.1 Å². The highest BCUT2D eigenvalue weighted by atomic mass is 14.8. The second kappa shape index (κ2) is 7.61. The summed E-state index contributed by atoms with van der Waals surface area (Å²) in [7, 11) is 0.